The highest BCUT2D eigenvalue weighted by Gasteiger charge is 2.16. The van der Waals surface area contributed by atoms with E-state index < -0.39 is 0 Å². The Labute approximate surface area is 156 Å². The van der Waals surface area contributed by atoms with Crippen LogP contribution >= 0.6 is 11.6 Å². The van der Waals surface area contributed by atoms with Crippen molar-refractivity contribution in [2.24, 2.45) is 4.99 Å². The van der Waals surface area contributed by atoms with E-state index in [0.717, 1.165) is 22.2 Å². The molecule has 0 saturated carbocycles. The van der Waals surface area contributed by atoms with Gasteiger partial charge in [-0.05, 0) is 29.8 Å². The van der Waals surface area contributed by atoms with Gasteiger partial charge < -0.3 is 5.11 Å². The SMILES string of the molecule is Oc1c(C=NCc2ccccc2)c2ccccc2n1-c1cccc(Cl)c1. The summed E-state index contributed by atoms with van der Waals surface area (Å²) >= 11 is 6.14. The largest absolute Gasteiger partial charge is 0.494 e. The number of fused-ring (bicyclic) bond motifs is 1. The van der Waals surface area contributed by atoms with E-state index in [2.05, 4.69) is 4.99 Å². The fourth-order valence-electron chi connectivity index (χ4n) is 3.08. The molecule has 128 valence electrons. The quantitative estimate of drug-likeness (QED) is 0.472. The Kier molecular flexibility index (Phi) is 4.46. The second-order valence-corrected chi connectivity index (χ2v) is 6.46. The minimum absolute atomic E-state index is 0.158. The molecule has 0 spiro atoms. The first kappa shape index (κ1) is 16.4. The summed E-state index contributed by atoms with van der Waals surface area (Å²) in [6.45, 7) is 0.566. The Balaban J connectivity index is 1.79. The Morgan fingerprint density at radius 1 is 0.923 bits per heavy atom. The molecular weight excluding hydrogens is 344 g/mol. The number of aliphatic imine (C=N–C) groups is 1. The molecule has 0 atom stereocenters. The van der Waals surface area contributed by atoms with Gasteiger partial charge in [0.25, 0.3) is 0 Å². The third kappa shape index (κ3) is 3.09. The highest BCUT2D eigenvalue weighted by molar-refractivity contribution is 6.30. The van der Waals surface area contributed by atoms with Crippen molar-refractivity contribution in [1.82, 2.24) is 4.57 Å². The number of para-hydroxylation sites is 1. The fourth-order valence-corrected chi connectivity index (χ4v) is 3.27. The molecule has 0 fully saturated rings. The van der Waals surface area contributed by atoms with Crippen molar-refractivity contribution in [2.75, 3.05) is 0 Å². The summed E-state index contributed by atoms with van der Waals surface area (Å²) in [4.78, 5) is 4.52. The number of hydrogen-bond donors (Lipinski definition) is 1. The van der Waals surface area contributed by atoms with Crippen LogP contribution in [0.4, 0.5) is 0 Å². The normalized spacial score (nSPS) is 11.4. The molecular formula is C22H17ClN2O. The lowest BCUT2D eigenvalue weighted by Gasteiger charge is -2.07. The number of halogens is 1. The molecule has 0 aliphatic heterocycles. The number of benzene rings is 3. The van der Waals surface area contributed by atoms with E-state index in [-0.39, 0.29) is 5.88 Å². The van der Waals surface area contributed by atoms with Crippen LogP contribution in [-0.4, -0.2) is 15.9 Å². The molecule has 26 heavy (non-hydrogen) atoms. The molecule has 1 heterocycles. The van der Waals surface area contributed by atoms with Gasteiger partial charge >= 0.3 is 0 Å². The molecule has 0 unspecified atom stereocenters. The first-order chi connectivity index (χ1) is 12.7. The number of hydrogen-bond acceptors (Lipinski definition) is 2. The number of rotatable bonds is 4. The third-order valence-corrected chi connectivity index (χ3v) is 4.53. The van der Waals surface area contributed by atoms with Crippen molar-refractivity contribution in [3.8, 4) is 11.6 Å². The monoisotopic (exact) mass is 360 g/mol. The van der Waals surface area contributed by atoms with Crippen molar-refractivity contribution in [3.05, 3.63) is 95.0 Å². The van der Waals surface area contributed by atoms with E-state index in [1.165, 1.54) is 0 Å². The van der Waals surface area contributed by atoms with E-state index >= 15 is 0 Å². The zero-order valence-electron chi connectivity index (χ0n) is 14.0. The third-order valence-electron chi connectivity index (χ3n) is 4.29. The van der Waals surface area contributed by atoms with Gasteiger partial charge in [0.2, 0.25) is 5.88 Å². The maximum atomic E-state index is 10.9. The molecule has 0 saturated heterocycles. The standard InChI is InChI=1S/C22H17ClN2O/c23-17-9-6-10-18(13-17)25-21-12-5-4-11-19(21)20(22(25)26)15-24-14-16-7-2-1-3-8-16/h1-13,15,26H,14H2. The van der Waals surface area contributed by atoms with Crippen LogP contribution in [0.25, 0.3) is 16.6 Å². The lowest BCUT2D eigenvalue weighted by Crippen LogP contribution is -1.93. The minimum Gasteiger partial charge on any atom is -0.494 e. The number of aromatic nitrogens is 1. The first-order valence-corrected chi connectivity index (χ1v) is 8.74. The molecule has 4 aromatic rings. The molecule has 3 aromatic carbocycles. The first-order valence-electron chi connectivity index (χ1n) is 8.36. The van der Waals surface area contributed by atoms with Gasteiger partial charge in [0.1, 0.15) is 0 Å². The van der Waals surface area contributed by atoms with Gasteiger partial charge in [0, 0.05) is 16.6 Å². The van der Waals surface area contributed by atoms with E-state index in [0.29, 0.717) is 17.1 Å². The molecule has 0 bridgehead atoms. The molecule has 1 aromatic heterocycles. The predicted molar refractivity (Wildman–Crippen MR) is 108 cm³/mol. The molecule has 0 radical (unpaired) electrons. The second kappa shape index (κ2) is 7.06. The molecule has 0 aliphatic rings. The molecule has 0 amide bonds. The van der Waals surface area contributed by atoms with Crippen molar-refractivity contribution in [3.63, 3.8) is 0 Å². The summed E-state index contributed by atoms with van der Waals surface area (Å²) in [7, 11) is 0. The molecule has 4 rings (SSSR count). The zero-order valence-corrected chi connectivity index (χ0v) is 14.8. The summed E-state index contributed by atoms with van der Waals surface area (Å²) in [6.07, 6.45) is 1.74. The molecule has 3 nitrogen and oxygen atoms in total. The van der Waals surface area contributed by atoms with E-state index in [9.17, 15) is 5.11 Å². The summed E-state index contributed by atoms with van der Waals surface area (Å²) in [5.74, 6) is 0.158. The second-order valence-electron chi connectivity index (χ2n) is 6.03. The van der Waals surface area contributed by atoms with Gasteiger partial charge in [-0.15, -0.1) is 0 Å². The highest BCUT2D eigenvalue weighted by atomic mass is 35.5. The van der Waals surface area contributed by atoms with Crippen LogP contribution in [0.3, 0.4) is 0 Å². The summed E-state index contributed by atoms with van der Waals surface area (Å²) in [6, 6.07) is 25.3. The maximum Gasteiger partial charge on any atom is 0.205 e. The lowest BCUT2D eigenvalue weighted by atomic mass is 10.2. The van der Waals surface area contributed by atoms with Crippen LogP contribution in [0.1, 0.15) is 11.1 Å². The van der Waals surface area contributed by atoms with E-state index in [4.69, 9.17) is 11.6 Å². The zero-order chi connectivity index (χ0) is 17.9. The maximum absolute atomic E-state index is 10.9. The van der Waals surface area contributed by atoms with Crippen molar-refractivity contribution in [1.29, 1.82) is 0 Å². The van der Waals surface area contributed by atoms with Crippen LogP contribution in [0.5, 0.6) is 5.88 Å². The van der Waals surface area contributed by atoms with Gasteiger partial charge in [-0.2, -0.15) is 0 Å². The number of aromatic hydroxyl groups is 1. The lowest BCUT2D eigenvalue weighted by molar-refractivity contribution is 0.444. The van der Waals surface area contributed by atoms with Crippen LogP contribution in [-0.2, 0) is 6.54 Å². The fraction of sp³-hybridized carbons (Fsp3) is 0.0455. The van der Waals surface area contributed by atoms with Crippen LogP contribution in [0.15, 0.2) is 83.9 Å². The van der Waals surface area contributed by atoms with Crippen molar-refractivity contribution in [2.45, 2.75) is 6.54 Å². The molecule has 1 N–H and O–H groups in total. The predicted octanol–water partition coefficient (Wildman–Crippen LogP) is 5.61. The number of nitrogens with zero attached hydrogens (tertiary/aromatic N) is 2. The average Bonchev–Trinajstić information content (AvgIpc) is 2.94. The highest BCUT2D eigenvalue weighted by Crippen LogP contribution is 2.33. The summed E-state index contributed by atoms with van der Waals surface area (Å²) in [5, 5.41) is 12.5. The van der Waals surface area contributed by atoms with Crippen molar-refractivity contribution >= 4 is 28.7 Å². The van der Waals surface area contributed by atoms with E-state index in [1.807, 2.05) is 78.9 Å². The smallest absolute Gasteiger partial charge is 0.205 e. The van der Waals surface area contributed by atoms with Gasteiger partial charge in [-0.25, -0.2) is 0 Å². The van der Waals surface area contributed by atoms with Crippen molar-refractivity contribution < 1.29 is 5.11 Å². The molecule has 0 aliphatic carbocycles. The van der Waals surface area contributed by atoms with Crippen LogP contribution < -0.4 is 0 Å². The topological polar surface area (TPSA) is 37.5 Å². The summed E-state index contributed by atoms with van der Waals surface area (Å²) < 4.78 is 1.80. The van der Waals surface area contributed by atoms with Crippen LogP contribution in [0.2, 0.25) is 5.02 Å². The Bertz CT molecular complexity index is 1080. The van der Waals surface area contributed by atoms with Gasteiger partial charge in [0.05, 0.1) is 23.3 Å². The Hall–Kier alpha value is -3.04. The van der Waals surface area contributed by atoms with Crippen LogP contribution in [0, 0.1) is 0 Å². The summed E-state index contributed by atoms with van der Waals surface area (Å²) in [5.41, 5.74) is 3.56. The van der Waals surface area contributed by atoms with Gasteiger partial charge in [-0.1, -0.05) is 66.2 Å². The Morgan fingerprint density at radius 2 is 1.69 bits per heavy atom. The Morgan fingerprint density at radius 3 is 2.50 bits per heavy atom. The van der Waals surface area contributed by atoms with Gasteiger partial charge in [-0.3, -0.25) is 9.56 Å². The molecule has 4 heteroatoms. The minimum atomic E-state index is 0.158. The average molecular weight is 361 g/mol. The van der Waals surface area contributed by atoms with Gasteiger partial charge in [0.15, 0.2) is 0 Å². The van der Waals surface area contributed by atoms with E-state index in [1.54, 1.807) is 10.8 Å².